The number of carboxylic acid groups (broad SMARTS) is 1. The van der Waals surface area contributed by atoms with E-state index in [0.717, 1.165) is 24.3 Å². The molecule has 20 heavy (non-hydrogen) atoms. The van der Waals surface area contributed by atoms with E-state index in [4.69, 9.17) is 11.6 Å². The quantitative estimate of drug-likeness (QED) is 0.847. The third-order valence-corrected chi connectivity index (χ3v) is 5.12. The molecule has 0 saturated heterocycles. The highest BCUT2D eigenvalue weighted by atomic mass is 35.5. The topological polar surface area (TPSA) is 37.3 Å². The first-order valence-corrected chi connectivity index (χ1v) is 7.95. The molecule has 0 bridgehead atoms. The molecule has 1 N–H and O–H groups in total. The Labute approximate surface area is 126 Å². The van der Waals surface area contributed by atoms with Crippen LogP contribution >= 0.6 is 11.6 Å². The number of benzene rings is 1. The minimum Gasteiger partial charge on any atom is -0.481 e. The molecule has 0 aliphatic heterocycles. The molecule has 3 heteroatoms. The fourth-order valence-electron chi connectivity index (χ4n) is 3.36. The van der Waals surface area contributed by atoms with Gasteiger partial charge in [-0.3, -0.25) is 4.79 Å². The van der Waals surface area contributed by atoms with Gasteiger partial charge in [0.15, 0.2) is 0 Å². The molecule has 1 fully saturated rings. The zero-order chi connectivity index (χ0) is 14.5. The van der Waals surface area contributed by atoms with E-state index in [1.807, 2.05) is 24.3 Å². The first kappa shape index (κ1) is 15.4. The molecule has 0 radical (unpaired) electrons. The predicted molar refractivity (Wildman–Crippen MR) is 82.0 cm³/mol. The Morgan fingerprint density at radius 2 is 1.95 bits per heavy atom. The van der Waals surface area contributed by atoms with Gasteiger partial charge in [-0.05, 0) is 42.7 Å². The lowest BCUT2D eigenvalue weighted by Crippen LogP contribution is -2.29. The summed E-state index contributed by atoms with van der Waals surface area (Å²) in [5, 5.41) is 10.2. The van der Waals surface area contributed by atoms with Crippen LogP contribution in [-0.2, 0) is 11.2 Å². The van der Waals surface area contributed by atoms with Gasteiger partial charge in [0.1, 0.15) is 0 Å². The monoisotopic (exact) mass is 294 g/mol. The second-order valence-electron chi connectivity index (χ2n) is 5.93. The number of hydrogen-bond acceptors (Lipinski definition) is 1. The van der Waals surface area contributed by atoms with Gasteiger partial charge in [0.2, 0.25) is 0 Å². The summed E-state index contributed by atoms with van der Waals surface area (Å²) in [7, 11) is 0. The predicted octanol–water partition coefficient (Wildman–Crippen LogP) is 4.80. The number of aliphatic carboxylic acids is 1. The summed E-state index contributed by atoms with van der Waals surface area (Å²) < 4.78 is 0. The normalized spacial score (nSPS) is 24.3. The van der Waals surface area contributed by atoms with E-state index >= 15 is 0 Å². The molecule has 1 saturated carbocycles. The average Bonchev–Trinajstić information content (AvgIpc) is 2.46. The van der Waals surface area contributed by atoms with Crippen LogP contribution in [0.2, 0.25) is 5.02 Å². The van der Waals surface area contributed by atoms with Crippen molar-refractivity contribution >= 4 is 17.6 Å². The van der Waals surface area contributed by atoms with Crippen molar-refractivity contribution in [2.75, 3.05) is 0 Å². The molecule has 1 unspecified atom stereocenters. The van der Waals surface area contributed by atoms with Crippen LogP contribution in [0, 0.1) is 17.8 Å². The van der Waals surface area contributed by atoms with Gasteiger partial charge in [-0.25, -0.2) is 0 Å². The third-order valence-electron chi connectivity index (χ3n) is 4.75. The van der Waals surface area contributed by atoms with Crippen LogP contribution in [0.3, 0.4) is 0 Å². The first-order chi connectivity index (χ1) is 9.61. The lowest BCUT2D eigenvalue weighted by molar-refractivity contribution is -0.144. The molecule has 2 rings (SSSR count). The molecule has 1 aromatic carbocycles. The number of carbonyl (C=O) groups is 1. The molecule has 1 aliphatic rings. The number of carboxylic acids is 1. The summed E-state index contributed by atoms with van der Waals surface area (Å²) >= 11 is 6.16. The van der Waals surface area contributed by atoms with Gasteiger partial charge in [-0.15, -0.1) is 0 Å². The van der Waals surface area contributed by atoms with Gasteiger partial charge in [0, 0.05) is 5.02 Å². The molecule has 1 aliphatic carbocycles. The summed E-state index contributed by atoms with van der Waals surface area (Å²) in [6.07, 6.45) is 6.20. The smallest absolute Gasteiger partial charge is 0.307 e. The SMILES string of the molecule is CCC1CCC(C(Cc2ccccc2Cl)C(=O)O)CC1. The number of halogens is 1. The number of hydrogen-bond donors (Lipinski definition) is 1. The van der Waals surface area contributed by atoms with E-state index in [-0.39, 0.29) is 5.92 Å². The van der Waals surface area contributed by atoms with Gasteiger partial charge in [-0.2, -0.15) is 0 Å². The van der Waals surface area contributed by atoms with Gasteiger partial charge in [0.05, 0.1) is 5.92 Å². The summed E-state index contributed by atoms with van der Waals surface area (Å²) in [5.41, 5.74) is 0.958. The highest BCUT2D eigenvalue weighted by Gasteiger charge is 2.31. The molecule has 0 spiro atoms. The first-order valence-electron chi connectivity index (χ1n) is 7.58. The third kappa shape index (κ3) is 3.76. The van der Waals surface area contributed by atoms with Crippen LogP contribution in [0.1, 0.15) is 44.6 Å². The molecule has 0 amide bonds. The lowest BCUT2D eigenvalue weighted by Gasteiger charge is -2.31. The van der Waals surface area contributed by atoms with Gasteiger partial charge in [-0.1, -0.05) is 56.0 Å². The van der Waals surface area contributed by atoms with Crippen molar-refractivity contribution in [2.45, 2.75) is 45.4 Å². The second kappa shape index (κ2) is 7.12. The molecular weight excluding hydrogens is 272 g/mol. The van der Waals surface area contributed by atoms with E-state index in [1.54, 1.807) is 0 Å². The molecule has 1 aromatic rings. The Balaban J connectivity index is 2.05. The molecule has 0 heterocycles. The van der Waals surface area contributed by atoms with Gasteiger partial charge >= 0.3 is 5.97 Å². The summed E-state index contributed by atoms with van der Waals surface area (Å²) in [4.78, 5) is 11.6. The van der Waals surface area contributed by atoms with Crippen LogP contribution in [0.15, 0.2) is 24.3 Å². The Morgan fingerprint density at radius 3 is 2.50 bits per heavy atom. The maximum Gasteiger partial charge on any atom is 0.307 e. The average molecular weight is 295 g/mol. The van der Waals surface area contributed by atoms with Crippen molar-refractivity contribution in [1.29, 1.82) is 0 Å². The van der Waals surface area contributed by atoms with E-state index < -0.39 is 5.97 Å². The van der Waals surface area contributed by atoms with Gasteiger partial charge < -0.3 is 5.11 Å². The Bertz CT molecular complexity index is 450. The molecule has 1 atom stereocenters. The molecule has 0 aromatic heterocycles. The molecule has 2 nitrogen and oxygen atoms in total. The van der Waals surface area contributed by atoms with Crippen molar-refractivity contribution in [3.05, 3.63) is 34.9 Å². The maximum atomic E-state index is 11.6. The Hall–Kier alpha value is -1.02. The molecular formula is C17H23ClO2. The van der Waals surface area contributed by atoms with Crippen LogP contribution in [0.5, 0.6) is 0 Å². The lowest BCUT2D eigenvalue weighted by atomic mass is 9.73. The minimum atomic E-state index is -0.676. The fourth-order valence-corrected chi connectivity index (χ4v) is 3.57. The van der Waals surface area contributed by atoms with Crippen molar-refractivity contribution < 1.29 is 9.90 Å². The van der Waals surface area contributed by atoms with E-state index in [0.29, 0.717) is 17.4 Å². The van der Waals surface area contributed by atoms with Crippen molar-refractivity contribution in [3.8, 4) is 0 Å². The highest BCUT2D eigenvalue weighted by Crippen LogP contribution is 2.36. The van der Waals surface area contributed by atoms with Crippen molar-refractivity contribution in [1.82, 2.24) is 0 Å². The highest BCUT2D eigenvalue weighted by molar-refractivity contribution is 6.31. The summed E-state index contributed by atoms with van der Waals surface area (Å²) in [5.74, 6) is 0.116. The van der Waals surface area contributed by atoms with E-state index in [2.05, 4.69) is 6.92 Å². The molecule has 110 valence electrons. The Morgan fingerprint density at radius 1 is 1.30 bits per heavy atom. The summed E-state index contributed by atoms with van der Waals surface area (Å²) in [6, 6.07) is 7.59. The zero-order valence-electron chi connectivity index (χ0n) is 12.0. The zero-order valence-corrected chi connectivity index (χ0v) is 12.8. The maximum absolute atomic E-state index is 11.6. The Kier molecular flexibility index (Phi) is 5.47. The van der Waals surface area contributed by atoms with E-state index in [1.165, 1.54) is 19.3 Å². The van der Waals surface area contributed by atoms with Gasteiger partial charge in [0.25, 0.3) is 0 Å². The standard InChI is InChI=1S/C17H23ClO2/c1-2-12-7-9-13(10-8-12)15(17(19)20)11-14-5-3-4-6-16(14)18/h3-6,12-13,15H,2,7-11H2,1H3,(H,19,20). The summed E-state index contributed by atoms with van der Waals surface area (Å²) in [6.45, 7) is 2.23. The van der Waals surface area contributed by atoms with Crippen LogP contribution in [0.25, 0.3) is 0 Å². The van der Waals surface area contributed by atoms with Crippen LogP contribution < -0.4 is 0 Å². The van der Waals surface area contributed by atoms with Crippen LogP contribution in [0.4, 0.5) is 0 Å². The van der Waals surface area contributed by atoms with E-state index in [9.17, 15) is 9.90 Å². The van der Waals surface area contributed by atoms with Crippen LogP contribution in [-0.4, -0.2) is 11.1 Å². The largest absolute Gasteiger partial charge is 0.481 e. The second-order valence-corrected chi connectivity index (χ2v) is 6.34. The van der Waals surface area contributed by atoms with Crippen molar-refractivity contribution in [3.63, 3.8) is 0 Å². The fraction of sp³-hybridized carbons (Fsp3) is 0.588. The minimum absolute atomic E-state index is 0.298. The number of rotatable bonds is 5. The van der Waals surface area contributed by atoms with Crippen molar-refractivity contribution in [2.24, 2.45) is 17.8 Å².